The van der Waals surface area contributed by atoms with Gasteiger partial charge in [-0.2, -0.15) is 5.26 Å². The Morgan fingerprint density at radius 1 is 1.07 bits per heavy atom. The van der Waals surface area contributed by atoms with E-state index in [9.17, 15) is 5.26 Å². The molecule has 0 aliphatic heterocycles. The van der Waals surface area contributed by atoms with Crippen molar-refractivity contribution in [3.8, 4) is 40.1 Å². The maximum Gasteiger partial charge on any atom is 0.232 e. The first kappa shape index (κ1) is 18.1. The summed E-state index contributed by atoms with van der Waals surface area (Å²) in [5.41, 5.74) is 6.89. The largest absolute Gasteiger partial charge is 0.497 e. The minimum atomic E-state index is 0.409. The fourth-order valence-corrected chi connectivity index (χ4v) is 3.91. The molecule has 1 aliphatic rings. The second-order valence-corrected chi connectivity index (χ2v) is 6.78. The number of nitrogens with zero attached hydrogens (tertiary/aromatic N) is 2. The molecule has 28 heavy (non-hydrogen) atoms. The normalized spacial score (nSPS) is 12.3. The number of nitriles is 1. The average Bonchev–Trinajstić information content (AvgIpc) is 2.92. The Morgan fingerprint density at radius 3 is 2.57 bits per heavy atom. The summed E-state index contributed by atoms with van der Waals surface area (Å²) in [5.74, 6) is 1.20. The molecule has 1 aromatic heterocycles. The van der Waals surface area contributed by atoms with Crippen LogP contribution in [0.1, 0.15) is 30.0 Å². The van der Waals surface area contributed by atoms with Gasteiger partial charge in [0.25, 0.3) is 0 Å². The third-order valence-corrected chi connectivity index (χ3v) is 5.18. The van der Waals surface area contributed by atoms with Gasteiger partial charge in [-0.3, -0.25) is 0 Å². The predicted molar refractivity (Wildman–Crippen MR) is 110 cm³/mol. The zero-order valence-electron chi connectivity index (χ0n) is 16.2. The van der Waals surface area contributed by atoms with Gasteiger partial charge in [-0.1, -0.05) is 36.4 Å². The first-order chi connectivity index (χ1) is 13.8. The Bertz CT molecular complexity index is 1050. The van der Waals surface area contributed by atoms with E-state index in [1.165, 1.54) is 5.56 Å². The van der Waals surface area contributed by atoms with E-state index in [1.54, 1.807) is 7.11 Å². The van der Waals surface area contributed by atoms with Crippen LogP contribution < -0.4 is 9.47 Å². The van der Waals surface area contributed by atoms with E-state index in [-0.39, 0.29) is 0 Å². The number of rotatable bonds is 4. The maximum atomic E-state index is 9.96. The zero-order chi connectivity index (χ0) is 19.5. The molecule has 0 radical (unpaired) electrons. The minimum Gasteiger partial charge on any atom is -0.497 e. The second-order valence-electron chi connectivity index (χ2n) is 6.78. The molecule has 1 heterocycles. The molecule has 0 bridgehead atoms. The molecule has 1 aliphatic carbocycles. The summed E-state index contributed by atoms with van der Waals surface area (Å²) in [4.78, 5) is 4.83. The van der Waals surface area contributed by atoms with Crippen molar-refractivity contribution >= 4 is 0 Å². The molecule has 4 rings (SSSR count). The number of pyridine rings is 1. The van der Waals surface area contributed by atoms with E-state index in [1.807, 2.05) is 37.3 Å². The Hall–Kier alpha value is -3.32. The number of methoxy groups -OCH3 is 1. The zero-order valence-corrected chi connectivity index (χ0v) is 16.2. The number of hydrogen-bond acceptors (Lipinski definition) is 4. The van der Waals surface area contributed by atoms with E-state index >= 15 is 0 Å². The van der Waals surface area contributed by atoms with Crippen LogP contribution in [0.2, 0.25) is 0 Å². The van der Waals surface area contributed by atoms with E-state index in [4.69, 9.17) is 14.5 Å². The Kier molecular flexibility index (Phi) is 4.99. The van der Waals surface area contributed by atoms with Crippen molar-refractivity contribution < 1.29 is 9.47 Å². The molecule has 0 saturated heterocycles. The van der Waals surface area contributed by atoms with Crippen LogP contribution in [0, 0.1) is 11.3 Å². The fourth-order valence-electron chi connectivity index (χ4n) is 3.91. The van der Waals surface area contributed by atoms with Crippen LogP contribution in [-0.4, -0.2) is 18.7 Å². The van der Waals surface area contributed by atoms with E-state index < -0.39 is 0 Å². The van der Waals surface area contributed by atoms with Crippen LogP contribution in [0.5, 0.6) is 11.6 Å². The van der Waals surface area contributed by atoms with E-state index in [0.29, 0.717) is 18.1 Å². The Balaban J connectivity index is 2.04. The lowest BCUT2D eigenvalue weighted by atomic mass is 9.91. The molecule has 0 fully saturated rings. The first-order valence-electron chi connectivity index (χ1n) is 9.59. The third-order valence-electron chi connectivity index (χ3n) is 5.18. The highest BCUT2D eigenvalue weighted by Crippen LogP contribution is 2.41. The predicted octanol–water partition coefficient (Wildman–Crippen LogP) is 5.18. The molecule has 140 valence electrons. The molecule has 0 atom stereocenters. The lowest BCUT2D eigenvalue weighted by Gasteiger charge is -2.18. The average molecular weight is 370 g/mol. The maximum absolute atomic E-state index is 9.96. The molecular weight excluding hydrogens is 348 g/mol. The van der Waals surface area contributed by atoms with Gasteiger partial charge in [-0.15, -0.1) is 0 Å². The summed E-state index contributed by atoms with van der Waals surface area (Å²) in [6, 6.07) is 18.6. The van der Waals surface area contributed by atoms with Crippen molar-refractivity contribution in [2.75, 3.05) is 13.7 Å². The molecule has 0 spiro atoms. The van der Waals surface area contributed by atoms with E-state index in [0.717, 1.165) is 53.0 Å². The quantitative estimate of drug-likeness (QED) is 0.635. The van der Waals surface area contributed by atoms with Gasteiger partial charge in [0.1, 0.15) is 17.4 Å². The van der Waals surface area contributed by atoms with Crippen LogP contribution in [-0.2, 0) is 12.8 Å². The van der Waals surface area contributed by atoms with Crippen LogP contribution >= 0.6 is 0 Å². The lowest BCUT2D eigenvalue weighted by molar-refractivity contribution is 0.326. The molecule has 0 saturated carbocycles. The van der Waals surface area contributed by atoms with Crippen molar-refractivity contribution in [2.24, 2.45) is 0 Å². The molecule has 4 heteroatoms. The van der Waals surface area contributed by atoms with Crippen molar-refractivity contribution in [1.29, 1.82) is 5.26 Å². The van der Waals surface area contributed by atoms with Crippen molar-refractivity contribution in [3.63, 3.8) is 0 Å². The highest BCUT2D eigenvalue weighted by molar-refractivity contribution is 5.84. The minimum absolute atomic E-state index is 0.409. The van der Waals surface area contributed by atoms with Crippen LogP contribution in [0.15, 0.2) is 48.5 Å². The smallest absolute Gasteiger partial charge is 0.232 e. The molecule has 3 aromatic rings. The van der Waals surface area contributed by atoms with Crippen molar-refractivity contribution in [3.05, 3.63) is 65.2 Å². The summed E-state index contributed by atoms with van der Waals surface area (Å²) >= 11 is 0. The van der Waals surface area contributed by atoms with Gasteiger partial charge in [0.2, 0.25) is 5.88 Å². The van der Waals surface area contributed by atoms with Crippen molar-refractivity contribution in [2.45, 2.75) is 26.2 Å². The Labute approximate surface area is 165 Å². The highest BCUT2D eigenvalue weighted by Gasteiger charge is 2.25. The number of aromatic nitrogens is 1. The van der Waals surface area contributed by atoms with Gasteiger partial charge in [-0.25, -0.2) is 4.98 Å². The molecular formula is C24H22N2O2. The van der Waals surface area contributed by atoms with Gasteiger partial charge < -0.3 is 9.47 Å². The topological polar surface area (TPSA) is 55.1 Å². The number of hydrogen-bond donors (Lipinski definition) is 0. The number of ether oxygens (including phenoxy) is 2. The number of benzene rings is 2. The first-order valence-corrected chi connectivity index (χ1v) is 9.59. The van der Waals surface area contributed by atoms with Gasteiger partial charge >= 0.3 is 0 Å². The Morgan fingerprint density at radius 2 is 1.86 bits per heavy atom. The SMILES string of the molecule is CCOc1nc2c(c(-c3ccc(OC)cc3)c1C#N)CCCc1ccccc1-2. The third kappa shape index (κ3) is 3.10. The van der Waals surface area contributed by atoms with Gasteiger partial charge in [0, 0.05) is 11.1 Å². The summed E-state index contributed by atoms with van der Waals surface area (Å²) in [6.07, 6.45) is 2.90. The van der Waals surface area contributed by atoms with Crippen LogP contribution in [0.25, 0.3) is 22.4 Å². The second kappa shape index (κ2) is 7.74. The monoisotopic (exact) mass is 370 g/mol. The van der Waals surface area contributed by atoms with Gasteiger partial charge in [0.15, 0.2) is 0 Å². The van der Waals surface area contributed by atoms with Gasteiger partial charge in [-0.05, 0) is 55.0 Å². The van der Waals surface area contributed by atoms with Crippen LogP contribution in [0.3, 0.4) is 0 Å². The summed E-state index contributed by atoms with van der Waals surface area (Å²) < 4.78 is 11.1. The van der Waals surface area contributed by atoms with Gasteiger partial charge in [0.05, 0.1) is 19.4 Å². The fraction of sp³-hybridized carbons (Fsp3) is 0.250. The van der Waals surface area contributed by atoms with Crippen LogP contribution in [0.4, 0.5) is 0 Å². The molecule has 2 aromatic carbocycles. The number of fused-ring (bicyclic) bond motifs is 3. The van der Waals surface area contributed by atoms with E-state index in [2.05, 4.69) is 24.3 Å². The molecule has 0 unspecified atom stereocenters. The lowest BCUT2D eigenvalue weighted by Crippen LogP contribution is -2.05. The standard InChI is InChI=1S/C24H22N2O2/c1-3-28-24-21(15-25)22(17-11-13-18(27-2)14-12-17)20-10-6-8-16-7-4-5-9-19(16)23(20)26-24/h4-5,7,9,11-14H,3,6,8,10H2,1-2H3. The molecule has 4 nitrogen and oxygen atoms in total. The highest BCUT2D eigenvalue weighted by atomic mass is 16.5. The molecule has 0 amide bonds. The molecule has 0 N–H and O–H groups in total. The van der Waals surface area contributed by atoms with Crippen molar-refractivity contribution in [1.82, 2.24) is 4.98 Å². The summed E-state index contributed by atoms with van der Waals surface area (Å²) in [5, 5.41) is 9.96. The summed E-state index contributed by atoms with van der Waals surface area (Å²) in [6.45, 7) is 2.37. The number of aryl methyl sites for hydroxylation is 1. The summed E-state index contributed by atoms with van der Waals surface area (Å²) in [7, 11) is 1.65.